The molecule has 0 amide bonds. The molecule has 0 aromatic carbocycles. The van der Waals surface area contributed by atoms with E-state index in [0.717, 1.165) is 0 Å². The number of nitrogens with two attached hydrogens (primary N) is 1. The van der Waals surface area contributed by atoms with Crippen LogP contribution in [-0.2, 0) is 0 Å². The summed E-state index contributed by atoms with van der Waals surface area (Å²) >= 11 is 4.20. The lowest BCUT2D eigenvalue weighted by molar-refractivity contribution is -0.210. The molecule has 0 unspecified atom stereocenters. The van der Waals surface area contributed by atoms with Crippen molar-refractivity contribution < 1.29 is 5.73 Å². The molecule has 0 fully saturated rings. The molecule has 0 spiro atoms. The van der Waals surface area contributed by atoms with Gasteiger partial charge in [-0.2, -0.15) is 0 Å². The van der Waals surface area contributed by atoms with Gasteiger partial charge in [-0.3, -0.25) is 0 Å². The van der Waals surface area contributed by atoms with Gasteiger partial charge in [0.25, 0.3) is 5.11 Å². The highest BCUT2D eigenvalue weighted by atomic mass is 32.1. The summed E-state index contributed by atoms with van der Waals surface area (Å²) in [5.74, 6) is 0. The maximum atomic E-state index is 6.25. The first-order valence-corrected chi connectivity index (χ1v) is 1.48. The normalized spacial score (nSPS) is 4.50. The average molecular weight is 103 g/mol. The maximum absolute atomic E-state index is 6.25. The molecule has 0 heterocycles. The number of quaternary nitrogens is 1. The minimum Gasteiger partial charge on any atom is -0.512 e. The van der Waals surface area contributed by atoms with Crippen molar-refractivity contribution in [1.29, 1.82) is 5.26 Å². The molecule has 0 aromatic rings. The molecule has 34 valence electrons. The second-order valence-electron chi connectivity index (χ2n) is 0.466. The Hall–Kier alpha value is -0.660. The molecule has 3 nitrogen and oxygen atoms in total. The van der Waals surface area contributed by atoms with Gasteiger partial charge in [0.05, 0.1) is 0 Å². The summed E-state index contributed by atoms with van der Waals surface area (Å²) in [4.78, 5) is 0. The van der Waals surface area contributed by atoms with E-state index in [0.29, 0.717) is 0 Å². The monoisotopic (exact) mass is 103 g/mol. The second kappa shape index (κ2) is 8.84. The Labute approximate surface area is 41.5 Å². The van der Waals surface area contributed by atoms with Crippen LogP contribution in [0.3, 0.4) is 0 Å². The van der Waals surface area contributed by atoms with Gasteiger partial charge in [-0.25, -0.2) is 0 Å². The fraction of sp³-hybridized carbons (Fsp3) is 0. The van der Waals surface area contributed by atoms with Crippen LogP contribution in [0.4, 0.5) is 0 Å². The summed E-state index contributed by atoms with van der Waals surface area (Å²) < 4.78 is 0. The fourth-order valence-electron chi connectivity index (χ4n) is 0. The largest absolute Gasteiger partial charge is 0.512 e. The molecule has 0 rings (SSSR count). The molecule has 0 aliphatic heterocycles. The highest BCUT2D eigenvalue weighted by Gasteiger charge is 1.61. The van der Waals surface area contributed by atoms with Gasteiger partial charge >= 0.3 is 0 Å². The lowest BCUT2D eigenvalue weighted by Crippen LogP contribution is -2.60. The molecule has 0 bridgehead atoms. The molecular formula is C2H5N3S. The number of nitrogens with zero attached hydrogens (tertiary/aromatic N) is 1. The smallest absolute Gasteiger partial charge is 0.262 e. The van der Waals surface area contributed by atoms with Crippen molar-refractivity contribution in [2.24, 2.45) is 5.73 Å². The van der Waals surface area contributed by atoms with E-state index in [1.807, 2.05) is 0 Å². The molecule has 0 radical (unpaired) electrons. The average Bonchev–Trinajstić information content (AvgIpc) is 1.41. The highest BCUT2D eigenvalue weighted by molar-refractivity contribution is 7.79. The van der Waals surface area contributed by atoms with Crippen molar-refractivity contribution in [2.75, 3.05) is 0 Å². The van der Waals surface area contributed by atoms with Crippen molar-refractivity contribution in [1.82, 2.24) is 0 Å². The molecule has 0 aromatic heterocycles. The van der Waals surface area contributed by atoms with E-state index >= 15 is 0 Å². The van der Waals surface area contributed by atoms with E-state index < -0.39 is 0 Å². The summed E-state index contributed by atoms with van der Waals surface area (Å²) in [6.45, 7) is 4.75. The van der Waals surface area contributed by atoms with Crippen LogP contribution in [0.25, 0.3) is 0 Å². The third kappa shape index (κ3) is 42.0. The van der Waals surface area contributed by atoms with Crippen molar-refractivity contribution >= 4 is 17.3 Å². The van der Waals surface area contributed by atoms with Crippen molar-refractivity contribution in [3.8, 4) is 0 Å². The van der Waals surface area contributed by atoms with Crippen LogP contribution < -0.4 is 11.5 Å². The minimum absolute atomic E-state index is 0.250. The van der Waals surface area contributed by atoms with Crippen LogP contribution in [0.2, 0.25) is 0 Å². The standard InChI is InChI=1S/CH4N2S.CN/c2-1(3)4;1-2/h(H4,2,3,4);/q;-1/p+1. The van der Waals surface area contributed by atoms with Crippen molar-refractivity contribution in [3.05, 3.63) is 6.57 Å². The van der Waals surface area contributed by atoms with Gasteiger partial charge < -0.3 is 23.3 Å². The molecule has 4 heteroatoms. The predicted octanol–water partition coefficient (Wildman–Crippen LogP) is -1.43. The van der Waals surface area contributed by atoms with Gasteiger partial charge in [-0.05, 0) is 0 Å². The van der Waals surface area contributed by atoms with Gasteiger partial charge in [0, 0.05) is 12.2 Å². The Morgan fingerprint density at radius 1 is 1.83 bits per heavy atom. The Morgan fingerprint density at radius 2 is 1.83 bits per heavy atom. The Bertz CT molecular complexity index is 53.1. The Balaban J connectivity index is 0. The van der Waals surface area contributed by atoms with Crippen LogP contribution >= 0.6 is 12.2 Å². The summed E-state index contributed by atoms with van der Waals surface area (Å²) in [7, 11) is 0. The van der Waals surface area contributed by atoms with E-state index in [1.54, 1.807) is 0 Å². The lowest BCUT2D eigenvalue weighted by Gasteiger charge is -1.61. The van der Waals surface area contributed by atoms with E-state index in [1.165, 1.54) is 0 Å². The van der Waals surface area contributed by atoms with Crippen molar-refractivity contribution in [3.63, 3.8) is 0 Å². The zero-order chi connectivity index (χ0) is 5.58. The molecular weight excluding hydrogens is 98.1 g/mol. The molecule has 0 aliphatic carbocycles. The van der Waals surface area contributed by atoms with Crippen LogP contribution in [0.15, 0.2) is 0 Å². The number of thiocarbonyl (C=S) groups is 1. The zero-order valence-electron chi connectivity index (χ0n) is 3.14. The van der Waals surface area contributed by atoms with Gasteiger partial charge in [0.2, 0.25) is 0 Å². The van der Waals surface area contributed by atoms with Gasteiger partial charge in [-0.15, -0.1) is 0 Å². The molecule has 6 heavy (non-hydrogen) atoms. The van der Waals surface area contributed by atoms with E-state index in [-0.39, 0.29) is 5.11 Å². The summed E-state index contributed by atoms with van der Waals surface area (Å²) in [5.41, 5.74) is 7.88. The first kappa shape index (κ1) is 9.02. The van der Waals surface area contributed by atoms with Gasteiger partial charge in [-0.1, -0.05) is 0 Å². The minimum atomic E-state index is 0.250. The quantitative estimate of drug-likeness (QED) is 0.291. The summed E-state index contributed by atoms with van der Waals surface area (Å²) in [5, 5.41) is 6.50. The fourth-order valence-corrected chi connectivity index (χ4v) is 0. The van der Waals surface area contributed by atoms with Crippen LogP contribution in [0, 0.1) is 11.8 Å². The third-order valence-electron chi connectivity index (χ3n) is 0. The summed E-state index contributed by atoms with van der Waals surface area (Å²) in [6.07, 6.45) is 0. The summed E-state index contributed by atoms with van der Waals surface area (Å²) in [6, 6.07) is 0. The number of hydrogen-bond donors (Lipinski definition) is 2. The van der Waals surface area contributed by atoms with Crippen molar-refractivity contribution in [2.45, 2.75) is 0 Å². The SMILES string of the molecule is NC([NH3+])=S.[C-]#N. The first-order valence-electron chi connectivity index (χ1n) is 1.07. The predicted molar refractivity (Wildman–Crippen MR) is 24.6 cm³/mol. The number of hydrogen-bond acceptors (Lipinski definition) is 2. The van der Waals surface area contributed by atoms with Gasteiger partial charge in [0.1, 0.15) is 0 Å². The molecule has 5 N–H and O–H groups in total. The van der Waals surface area contributed by atoms with Crippen LogP contribution in [0.5, 0.6) is 0 Å². The zero-order valence-corrected chi connectivity index (χ0v) is 3.96. The van der Waals surface area contributed by atoms with E-state index in [4.69, 9.17) is 17.6 Å². The van der Waals surface area contributed by atoms with Crippen LogP contribution in [-0.4, -0.2) is 5.11 Å². The lowest BCUT2D eigenvalue weighted by atomic mass is 11.3. The molecule has 0 saturated heterocycles. The molecule has 0 saturated carbocycles. The highest BCUT2D eigenvalue weighted by Crippen LogP contribution is 1.27. The second-order valence-corrected chi connectivity index (χ2v) is 0.991. The van der Waals surface area contributed by atoms with E-state index in [9.17, 15) is 0 Å². The Morgan fingerprint density at radius 3 is 1.83 bits per heavy atom. The van der Waals surface area contributed by atoms with E-state index in [2.05, 4.69) is 18.0 Å². The first-order chi connectivity index (χ1) is 2.73. The third-order valence-corrected chi connectivity index (χ3v) is 0. The molecule has 0 atom stereocenters. The number of rotatable bonds is 0. The van der Waals surface area contributed by atoms with Crippen LogP contribution in [0.1, 0.15) is 0 Å². The van der Waals surface area contributed by atoms with Gasteiger partial charge in [0.15, 0.2) is 0 Å². The molecule has 0 aliphatic rings. The maximum Gasteiger partial charge on any atom is 0.262 e. The Kier molecular flexibility index (Phi) is 13.3. The topological polar surface area (TPSA) is 77.4 Å².